The van der Waals surface area contributed by atoms with Crippen LogP contribution in [0, 0.1) is 13.8 Å². The molecule has 1 heterocycles. The molecule has 0 fully saturated rings. The van der Waals surface area contributed by atoms with E-state index in [0.717, 1.165) is 10.6 Å². The van der Waals surface area contributed by atoms with Gasteiger partial charge in [0.05, 0.1) is 5.69 Å². The number of thiazole rings is 1. The standard InChI is InChI=1S/C6H8N2OS/c1-3-4(2)10-6(8-3)5(7)9/h1-2H3,(H2,7,9). The molecule has 0 unspecified atom stereocenters. The number of nitrogens with two attached hydrogens (primary N) is 1. The highest BCUT2D eigenvalue weighted by Gasteiger charge is 2.07. The maximum absolute atomic E-state index is 10.5. The van der Waals surface area contributed by atoms with E-state index in [4.69, 9.17) is 5.73 Å². The number of hydrogen-bond donors (Lipinski definition) is 1. The molecule has 0 aliphatic rings. The SMILES string of the molecule is Cc1nc(C(N)=O)sc1C. The van der Waals surface area contributed by atoms with Crippen LogP contribution in [0.25, 0.3) is 0 Å². The van der Waals surface area contributed by atoms with Gasteiger partial charge in [-0.1, -0.05) is 0 Å². The van der Waals surface area contributed by atoms with Gasteiger partial charge in [-0.25, -0.2) is 4.98 Å². The lowest BCUT2D eigenvalue weighted by Crippen LogP contribution is -2.10. The highest BCUT2D eigenvalue weighted by atomic mass is 32.1. The lowest BCUT2D eigenvalue weighted by molar-refractivity contribution is 0.1000. The molecule has 0 radical (unpaired) electrons. The molecule has 0 spiro atoms. The Morgan fingerprint density at radius 2 is 2.20 bits per heavy atom. The first-order valence-electron chi connectivity index (χ1n) is 2.85. The minimum Gasteiger partial charge on any atom is -0.364 e. The first-order chi connectivity index (χ1) is 4.61. The van der Waals surface area contributed by atoms with Gasteiger partial charge in [-0.3, -0.25) is 4.79 Å². The number of aryl methyl sites for hydroxylation is 2. The van der Waals surface area contributed by atoms with Gasteiger partial charge in [0, 0.05) is 4.88 Å². The number of aromatic nitrogens is 1. The summed E-state index contributed by atoms with van der Waals surface area (Å²) < 4.78 is 0. The van der Waals surface area contributed by atoms with Crippen molar-refractivity contribution in [2.24, 2.45) is 5.73 Å². The van der Waals surface area contributed by atoms with Crippen LogP contribution in [0.2, 0.25) is 0 Å². The zero-order valence-corrected chi connectivity index (χ0v) is 6.66. The van der Waals surface area contributed by atoms with E-state index in [0.29, 0.717) is 5.01 Å². The van der Waals surface area contributed by atoms with Gasteiger partial charge in [-0.2, -0.15) is 0 Å². The van der Waals surface area contributed by atoms with E-state index in [1.54, 1.807) is 0 Å². The molecule has 0 aromatic carbocycles. The summed E-state index contributed by atoms with van der Waals surface area (Å²) in [5.74, 6) is -0.443. The molecule has 0 saturated carbocycles. The second-order valence-corrected chi connectivity index (χ2v) is 3.23. The third-order valence-electron chi connectivity index (χ3n) is 1.24. The van der Waals surface area contributed by atoms with Crippen LogP contribution in [0.15, 0.2) is 0 Å². The summed E-state index contributed by atoms with van der Waals surface area (Å²) in [7, 11) is 0. The predicted molar refractivity (Wildman–Crippen MR) is 40.1 cm³/mol. The summed E-state index contributed by atoms with van der Waals surface area (Å²) in [5.41, 5.74) is 5.89. The van der Waals surface area contributed by atoms with Gasteiger partial charge in [-0.05, 0) is 13.8 Å². The maximum atomic E-state index is 10.5. The number of carbonyl (C=O) groups excluding carboxylic acids is 1. The van der Waals surface area contributed by atoms with Crippen molar-refractivity contribution in [3.63, 3.8) is 0 Å². The highest BCUT2D eigenvalue weighted by Crippen LogP contribution is 2.15. The summed E-state index contributed by atoms with van der Waals surface area (Å²) in [4.78, 5) is 15.5. The number of amides is 1. The Morgan fingerprint density at radius 3 is 2.40 bits per heavy atom. The fourth-order valence-electron chi connectivity index (χ4n) is 0.578. The van der Waals surface area contributed by atoms with Crippen LogP contribution in [0.5, 0.6) is 0 Å². The first-order valence-corrected chi connectivity index (χ1v) is 3.66. The average Bonchev–Trinajstić information content (AvgIpc) is 2.13. The lowest BCUT2D eigenvalue weighted by Gasteiger charge is -1.80. The molecule has 1 aromatic heterocycles. The van der Waals surface area contributed by atoms with Crippen molar-refractivity contribution in [3.05, 3.63) is 15.6 Å². The fraction of sp³-hybridized carbons (Fsp3) is 0.333. The van der Waals surface area contributed by atoms with Crippen LogP contribution < -0.4 is 5.73 Å². The Labute approximate surface area is 62.9 Å². The van der Waals surface area contributed by atoms with E-state index in [9.17, 15) is 4.79 Å². The average molecular weight is 156 g/mol. The normalized spacial score (nSPS) is 9.80. The summed E-state index contributed by atoms with van der Waals surface area (Å²) in [6, 6.07) is 0. The molecular formula is C6H8N2OS. The van der Waals surface area contributed by atoms with Gasteiger partial charge in [0.2, 0.25) is 0 Å². The van der Waals surface area contributed by atoms with Crippen molar-refractivity contribution in [2.45, 2.75) is 13.8 Å². The Balaban J connectivity index is 3.10. The zero-order chi connectivity index (χ0) is 7.72. The van der Waals surface area contributed by atoms with Gasteiger partial charge < -0.3 is 5.73 Å². The van der Waals surface area contributed by atoms with Crippen LogP contribution >= 0.6 is 11.3 Å². The van der Waals surface area contributed by atoms with Gasteiger partial charge >= 0.3 is 0 Å². The summed E-state index contributed by atoms with van der Waals surface area (Å²) in [5, 5.41) is 0.398. The Morgan fingerprint density at radius 1 is 1.60 bits per heavy atom. The first kappa shape index (κ1) is 7.21. The summed E-state index contributed by atoms with van der Waals surface area (Å²) >= 11 is 1.34. The number of hydrogen-bond acceptors (Lipinski definition) is 3. The molecular weight excluding hydrogens is 148 g/mol. The molecule has 10 heavy (non-hydrogen) atoms. The lowest BCUT2D eigenvalue weighted by atomic mass is 10.4. The molecule has 1 aromatic rings. The number of nitrogens with zero attached hydrogens (tertiary/aromatic N) is 1. The Bertz CT molecular complexity index is 247. The minimum atomic E-state index is -0.443. The third kappa shape index (κ3) is 1.16. The van der Waals surface area contributed by atoms with Crippen molar-refractivity contribution in [1.29, 1.82) is 0 Å². The molecule has 0 aliphatic heterocycles. The van der Waals surface area contributed by atoms with Crippen molar-refractivity contribution in [2.75, 3.05) is 0 Å². The summed E-state index contributed by atoms with van der Waals surface area (Å²) in [6.45, 7) is 3.78. The number of primary amides is 1. The van der Waals surface area contributed by atoms with E-state index in [2.05, 4.69) is 4.98 Å². The molecule has 0 saturated heterocycles. The van der Waals surface area contributed by atoms with Crippen LogP contribution in [0.3, 0.4) is 0 Å². The third-order valence-corrected chi connectivity index (χ3v) is 2.33. The molecule has 4 heteroatoms. The summed E-state index contributed by atoms with van der Waals surface area (Å²) in [6.07, 6.45) is 0. The molecule has 2 N–H and O–H groups in total. The molecule has 54 valence electrons. The van der Waals surface area contributed by atoms with E-state index >= 15 is 0 Å². The molecule has 0 bridgehead atoms. The highest BCUT2D eigenvalue weighted by molar-refractivity contribution is 7.13. The van der Waals surface area contributed by atoms with Gasteiger partial charge in [-0.15, -0.1) is 11.3 Å². The molecule has 0 atom stereocenters. The molecule has 1 amide bonds. The maximum Gasteiger partial charge on any atom is 0.277 e. The van der Waals surface area contributed by atoms with Crippen LogP contribution in [0.4, 0.5) is 0 Å². The molecule has 3 nitrogen and oxygen atoms in total. The molecule has 0 aliphatic carbocycles. The second-order valence-electron chi connectivity index (χ2n) is 2.02. The monoisotopic (exact) mass is 156 g/mol. The Kier molecular flexibility index (Phi) is 1.72. The largest absolute Gasteiger partial charge is 0.364 e. The number of rotatable bonds is 1. The Hall–Kier alpha value is -0.900. The van der Waals surface area contributed by atoms with Crippen molar-refractivity contribution < 1.29 is 4.79 Å². The fourth-order valence-corrected chi connectivity index (χ4v) is 1.34. The smallest absolute Gasteiger partial charge is 0.277 e. The number of carbonyl (C=O) groups is 1. The van der Waals surface area contributed by atoms with Crippen LogP contribution in [-0.2, 0) is 0 Å². The van der Waals surface area contributed by atoms with Gasteiger partial charge in [0.15, 0.2) is 5.01 Å². The van der Waals surface area contributed by atoms with E-state index in [1.807, 2.05) is 13.8 Å². The predicted octanol–water partition coefficient (Wildman–Crippen LogP) is 0.859. The second kappa shape index (κ2) is 2.38. The topological polar surface area (TPSA) is 56.0 Å². The molecule has 1 rings (SSSR count). The van der Waals surface area contributed by atoms with Crippen molar-refractivity contribution in [3.8, 4) is 0 Å². The van der Waals surface area contributed by atoms with Crippen LogP contribution in [0.1, 0.15) is 20.4 Å². The zero-order valence-electron chi connectivity index (χ0n) is 5.84. The quantitative estimate of drug-likeness (QED) is 0.655. The van der Waals surface area contributed by atoms with Gasteiger partial charge in [0.25, 0.3) is 5.91 Å². The van der Waals surface area contributed by atoms with E-state index in [-0.39, 0.29) is 0 Å². The van der Waals surface area contributed by atoms with Crippen molar-refractivity contribution >= 4 is 17.2 Å². The van der Waals surface area contributed by atoms with Gasteiger partial charge in [0.1, 0.15) is 0 Å². The van der Waals surface area contributed by atoms with E-state index in [1.165, 1.54) is 11.3 Å². The minimum absolute atomic E-state index is 0.398. The van der Waals surface area contributed by atoms with Crippen molar-refractivity contribution in [1.82, 2.24) is 4.98 Å². The van der Waals surface area contributed by atoms with Crippen LogP contribution in [-0.4, -0.2) is 10.9 Å². The van der Waals surface area contributed by atoms with E-state index < -0.39 is 5.91 Å².